The van der Waals surface area contributed by atoms with Gasteiger partial charge in [-0.15, -0.1) is 0 Å². The van der Waals surface area contributed by atoms with Crippen LogP contribution < -0.4 is 10.1 Å². The molecule has 1 fully saturated rings. The lowest BCUT2D eigenvalue weighted by Gasteiger charge is -2.25. The predicted octanol–water partition coefficient (Wildman–Crippen LogP) is 2.73. The highest BCUT2D eigenvalue weighted by atomic mass is 16.5. The van der Waals surface area contributed by atoms with E-state index in [4.69, 9.17) is 9.47 Å². The van der Waals surface area contributed by atoms with E-state index in [2.05, 4.69) is 19.2 Å². The van der Waals surface area contributed by atoms with E-state index in [9.17, 15) is 4.79 Å². The Morgan fingerprint density at radius 3 is 2.60 bits per heavy atom. The molecule has 1 saturated heterocycles. The molecule has 20 heavy (non-hydrogen) atoms. The van der Waals surface area contributed by atoms with Crippen molar-refractivity contribution in [2.75, 3.05) is 20.2 Å². The number of nitrogens with one attached hydrogen (secondary N) is 1. The van der Waals surface area contributed by atoms with Crippen molar-refractivity contribution in [3.63, 3.8) is 0 Å². The van der Waals surface area contributed by atoms with Crippen LogP contribution in [0, 0.1) is 0 Å². The number of hydrogen-bond acceptors (Lipinski definition) is 4. The lowest BCUT2D eigenvalue weighted by atomic mass is 10.0. The molecule has 1 aliphatic rings. The lowest BCUT2D eigenvalue weighted by molar-refractivity contribution is 0.0591. The molecule has 1 N–H and O–H groups in total. The quantitative estimate of drug-likeness (QED) is 0.860. The van der Waals surface area contributed by atoms with Gasteiger partial charge in [-0.25, -0.2) is 4.79 Å². The third-order valence-corrected chi connectivity index (χ3v) is 3.66. The highest BCUT2D eigenvalue weighted by Gasteiger charge is 2.20. The van der Waals surface area contributed by atoms with Gasteiger partial charge in [0, 0.05) is 0 Å². The first-order chi connectivity index (χ1) is 9.61. The Kier molecular flexibility index (Phi) is 5.01. The van der Waals surface area contributed by atoms with Gasteiger partial charge in [-0.3, -0.25) is 0 Å². The van der Waals surface area contributed by atoms with Gasteiger partial charge in [0.2, 0.25) is 0 Å². The third-order valence-electron chi connectivity index (χ3n) is 3.66. The molecule has 4 heteroatoms. The van der Waals surface area contributed by atoms with Crippen LogP contribution in [-0.4, -0.2) is 32.3 Å². The molecule has 1 heterocycles. The number of carbonyl (C=O) groups is 1. The van der Waals surface area contributed by atoms with Crippen molar-refractivity contribution in [2.45, 2.75) is 38.7 Å². The standard InChI is InChI=1S/C16H23NO3/c1-11(2)12-4-5-14(16(18)19-3)15(10-12)20-13-6-8-17-9-7-13/h4-5,10-11,13,17H,6-9H2,1-3H3. The van der Waals surface area contributed by atoms with Crippen molar-refractivity contribution in [3.8, 4) is 5.75 Å². The molecule has 0 radical (unpaired) electrons. The largest absolute Gasteiger partial charge is 0.489 e. The van der Waals surface area contributed by atoms with Gasteiger partial charge in [0.05, 0.1) is 7.11 Å². The number of esters is 1. The summed E-state index contributed by atoms with van der Waals surface area (Å²) in [5.41, 5.74) is 1.68. The average Bonchev–Trinajstić information content (AvgIpc) is 2.47. The molecule has 2 rings (SSSR count). The van der Waals surface area contributed by atoms with Crippen molar-refractivity contribution in [1.82, 2.24) is 5.32 Å². The SMILES string of the molecule is COC(=O)c1ccc(C(C)C)cc1OC1CCNCC1. The fourth-order valence-corrected chi connectivity index (χ4v) is 2.37. The van der Waals surface area contributed by atoms with Crippen molar-refractivity contribution >= 4 is 5.97 Å². The van der Waals surface area contributed by atoms with E-state index >= 15 is 0 Å². The molecule has 4 nitrogen and oxygen atoms in total. The summed E-state index contributed by atoms with van der Waals surface area (Å²) < 4.78 is 10.9. The Balaban J connectivity index is 2.25. The van der Waals surface area contributed by atoms with E-state index < -0.39 is 0 Å². The fraction of sp³-hybridized carbons (Fsp3) is 0.562. The Hall–Kier alpha value is -1.55. The minimum Gasteiger partial charge on any atom is -0.489 e. The molecule has 0 bridgehead atoms. The highest BCUT2D eigenvalue weighted by Crippen LogP contribution is 2.27. The second-order valence-electron chi connectivity index (χ2n) is 5.47. The molecule has 0 saturated carbocycles. The number of benzene rings is 1. The van der Waals surface area contributed by atoms with E-state index in [-0.39, 0.29) is 12.1 Å². The summed E-state index contributed by atoms with van der Waals surface area (Å²) in [5.74, 6) is 0.705. The molecular weight excluding hydrogens is 254 g/mol. The first-order valence-electron chi connectivity index (χ1n) is 7.21. The van der Waals surface area contributed by atoms with Crippen LogP contribution in [0.1, 0.15) is 48.5 Å². The maximum atomic E-state index is 11.8. The normalized spacial score (nSPS) is 16.2. The van der Waals surface area contributed by atoms with Crippen LogP contribution in [0.3, 0.4) is 0 Å². The van der Waals surface area contributed by atoms with Crippen LogP contribution >= 0.6 is 0 Å². The summed E-state index contributed by atoms with van der Waals surface area (Å²) in [5, 5.41) is 3.31. The molecule has 0 unspecified atom stereocenters. The van der Waals surface area contributed by atoms with Gasteiger partial charge < -0.3 is 14.8 Å². The van der Waals surface area contributed by atoms with Gasteiger partial charge >= 0.3 is 5.97 Å². The van der Waals surface area contributed by atoms with Gasteiger partial charge in [-0.1, -0.05) is 19.9 Å². The molecule has 0 amide bonds. The van der Waals surface area contributed by atoms with Crippen LogP contribution in [-0.2, 0) is 4.74 Å². The molecule has 0 aliphatic carbocycles. The average molecular weight is 277 g/mol. The fourth-order valence-electron chi connectivity index (χ4n) is 2.37. The van der Waals surface area contributed by atoms with Gasteiger partial charge in [-0.2, -0.15) is 0 Å². The molecule has 0 spiro atoms. The van der Waals surface area contributed by atoms with E-state index in [0.29, 0.717) is 17.2 Å². The minimum absolute atomic E-state index is 0.169. The summed E-state index contributed by atoms with van der Waals surface area (Å²) >= 11 is 0. The van der Waals surface area contributed by atoms with Gasteiger partial charge in [0.1, 0.15) is 17.4 Å². The molecule has 110 valence electrons. The zero-order valence-corrected chi connectivity index (χ0v) is 12.4. The van der Waals surface area contributed by atoms with Crippen molar-refractivity contribution in [2.24, 2.45) is 0 Å². The summed E-state index contributed by atoms with van der Waals surface area (Å²) in [6.45, 7) is 6.17. The maximum absolute atomic E-state index is 11.8. The molecule has 1 aliphatic heterocycles. The summed E-state index contributed by atoms with van der Waals surface area (Å²) in [7, 11) is 1.40. The summed E-state index contributed by atoms with van der Waals surface area (Å²) in [6.07, 6.45) is 2.10. The zero-order valence-electron chi connectivity index (χ0n) is 12.4. The summed E-state index contributed by atoms with van der Waals surface area (Å²) in [6, 6.07) is 5.74. The molecule has 1 aromatic rings. The predicted molar refractivity (Wildman–Crippen MR) is 78.4 cm³/mol. The third kappa shape index (κ3) is 3.51. The van der Waals surface area contributed by atoms with Crippen LogP contribution in [0.5, 0.6) is 5.75 Å². The second-order valence-corrected chi connectivity index (χ2v) is 5.47. The Labute approximate surface area is 120 Å². The number of hydrogen-bond donors (Lipinski definition) is 1. The van der Waals surface area contributed by atoms with E-state index in [1.807, 2.05) is 12.1 Å². The minimum atomic E-state index is -0.343. The maximum Gasteiger partial charge on any atom is 0.341 e. The Morgan fingerprint density at radius 1 is 1.30 bits per heavy atom. The lowest BCUT2D eigenvalue weighted by Crippen LogP contribution is -2.34. The van der Waals surface area contributed by atoms with Gasteiger partial charge in [0.15, 0.2) is 0 Å². The number of methoxy groups -OCH3 is 1. The zero-order chi connectivity index (χ0) is 14.5. The van der Waals surface area contributed by atoms with Crippen molar-refractivity contribution in [1.29, 1.82) is 0 Å². The Bertz CT molecular complexity index is 465. The van der Waals surface area contributed by atoms with Gasteiger partial charge in [0.25, 0.3) is 0 Å². The first-order valence-corrected chi connectivity index (χ1v) is 7.21. The van der Waals surface area contributed by atoms with Crippen LogP contribution in [0.25, 0.3) is 0 Å². The van der Waals surface area contributed by atoms with Gasteiger partial charge in [-0.05, 0) is 49.5 Å². The number of carbonyl (C=O) groups excluding carboxylic acids is 1. The topological polar surface area (TPSA) is 47.6 Å². The Morgan fingerprint density at radius 2 is 2.00 bits per heavy atom. The smallest absolute Gasteiger partial charge is 0.341 e. The van der Waals surface area contributed by atoms with Crippen molar-refractivity contribution < 1.29 is 14.3 Å². The number of rotatable bonds is 4. The van der Waals surface area contributed by atoms with Crippen LogP contribution in [0.2, 0.25) is 0 Å². The molecule has 0 atom stereocenters. The monoisotopic (exact) mass is 277 g/mol. The molecule has 1 aromatic carbocycles. The van der Waals surface area contributed by atoms with E-state index in [1.165, 1.54) is 12.7 Å². The summed E-state index contributed by atoms with van der Waals surface area (Å²) in [4.78, 5) is 11.8. The molecular formula is C16H23NO3. The van der Waals surface area contributed by atoms with E-state index in [0.717, 1.165) is 25.9 Å². The number of ether oxygens (including phenoxy) is 2. The highest BCUT2D eigenvalue weighted by molar-refractivity contribution is 5.92. The van der Waals surface area contributed by atoms with Crippen LogP contribution in [0.4, 0.5) is 0 Å². The first kappa shape index (κ1) is 14.9. The van der Waals surface area contributed by atoms with Crippen molar-refractivity contribution in [3.05, 3.63) is 29.3 Å². The number of piperidine rings is 1. The second kappa shape index (κ2) is 6.75. The molecule has 0 aromatic heterocycles. The van der Waals surface area contributed by atoms with Crippen LogP contribution in [0.15, 0.2) is 18.2 Å². The van der Waals surface area contributed by atoms with E-state index in [1.54, 1.807) is 6.07 Å².